The third-order valence-corrected chi connectivity index (χ3v) is 3.70. The molecule has 0 saturated carbocycles. The molecule has 0 fully saturated rings. The average Bonchev–Trinajstić information content (AvgIpc) is 2.73. The maximum absolute atomic E-state index is 3.44. The zero-order valence-electron chi connectivity index (χ0n) is 8.79. The van der Waals surface area contributed by atoms with E-state index in [1.807, 2.05) is 0 Å². The summed E-state index contributed by atoms with van der Waals surface area (Å²) in [6, 6.07) is 4.23. The molecule has 1 aliphatic heterocycles. The van der Waals surface area contributed by atoms with Gasteiger partial charge in [-0.15, -0.1) is 11.3 Å². The van der Waals surface area contributed by atoms with E-state index in [-0.39, 0.29) is 0 Å². The van der Waals surface area contributed by atoms with Crippen molar-refractivity contribution in [3.8, 4) is 0 Å². The molecule has 1 atom stereocenters. The first-order valence-corrected chi connectivity index (χ1v) is 5.76. The standard InChI is InChI=1S/C12H15NS/c1-8-9(2)12(13-10(8)3)7-11-5-4-6-14-11/h4-7,9,13H,1-3H3. The van der Waals surface area contributed by atoms with Crippen LogP contribution in [0.2, 0.25) is 0 Å². The summed E-state index contributed by atoms with van der Waals surface area (Å²) >= 11 is 1.78. The predicted octanol–water partition coefficient (Wildman–Crippen LogP) is 3.62. The summed E-state index contributed by atoms with van der Waals surface area (Å²) in [6.45, 7) is 6.58. The number of allylic oxidation sites excluding steroid dienone is 2. The fraction of sp³-hybridized carbons (Fsp3) is 0.333. The van der Waals surface area contributed by atoms with Crippen LogP contribution in [0.1, 0.15) is 25.6 Å². The molecule has 0 saturated heterocycles. The number of hydrogen-bond acceptors (Lipinski definition) is 2. The third kappa shape index (κ3) is 1.62. The van der Waals surface area contributed by atoms with Crippen LogP contribution in [0.25, 0.3) is 6.08 Å². The Bertz CT molecular complexity index is 384. The lowest BCUT2D eigenvalue weighted by molar-refractivity contribution is 0.811. The van der Waals surface area contributed by atoms with E-state index >= 15 is 0 Å². The Balaban J connectivity index is 2.24. The molecule has 1 N–H and O–H groups in total. The second-order valence-corrected chi connectivity index (χ2v) is 4.75. The summed E-state index contributed by atoms with van der Waals surface area (Å²) in [6.07, 6.45) is 2.25. The minimum atomic E-state index is 0.539. The van der Waals surface area contributed by atoms with Gasteiger partial charge in [0.05, 0.1) is 0 Å². The van der Waals surface area contributed by atoms with E-state index in [0.29, 0.717) is 5.92 Å². The molecule has 14 heavy (non-hydrogen) atoms. The zero-order chi connectivity index (χ0) is 10.1. The Labute approximate surface area is 89.2 Å². The minimum Gasteiger partial charge on any atom is -0.362 e. The number of hydrogen-bond donors (Lipinski definition) is 1. The first-order valence-electron chi connectivity index (χ1n) is 4.88. The Hall–Kier alpha value is -1.02. The van der Waals surface area contributed by atoms with E-state index in [1.165, 1.54) is 21.8 Å². The van der Waals surface area contributed by atoms with Gasteiger partial charge in [0.25, 0.3) is 0 Å². The van der Waals surface area contributed by atoms with Crippen molar-refractivity contribution >= 4 is 17.4 Å². The molecule has 0 aliphatic carbocycles. The second-order valence-electron chi connectivity index (χ2n) is 3.77. The molecule has 1 aromatic rings. The molecule has 0 bridgehead atoms. The van der Waals surface area contributed by atoms with Gasteiger partial charge in [0.2, 0.25) is 0 Å². The summed E-state index contributed by atoms with van der Waals surface area (Å²) in [7, 11) is 0. The topological polar surface area (TPSA) is 12.0 Å². The molecule has 2 heterocycles. The van der Waals surface area contributed by atoms with Crippen LogP contribution in [0.4, 0.5) is 0 Å². The maximum Gasteiger partial charge on any atom is 0.0287 e. The minimum absolute atomic E-state index is 0.539. The fourth-order valence-electron chi connectivity index (χ4n) is 1.67. The van der Waals surface area contributed by atoms with Crippen LogP contribution in [0, 0.1) is 5.92 Å². The third-order valence-electron chi connectivity index (χ3n) is 2.88. The Morgan fingerprint density at radius 1 is 1.43 bits per heavy atom. The molecular weight excluding hydrogens is 190 g/mol. The van der Waals surface area contributed by atoms with Crippen molar-refractivity contribution in [3.63, 3.8) is 0 Å². The largest absolute Gasteiger partial charge is 0.362 e. The molecule has 1 aromatic heterocycles. The highest BCUT2D eigenvalue weighted by atomic mass is 32.1. The van der Waals surface area contributed by atoms with E-state index in [1.54, 1.807) is 11.3 Å². The van der Waals surface area contributed by atoms with Crippen LogP contribution in [0.3, 0.4) is 0 Å². The second kappa shape index (κ2) is 3.62. The highest BCUT2D eigenvalue weighted by Gasteiger charge is 2.20. The van der Waals surface area contributed by atoms with Crippen molar-refractivity contribution in [2.75, 3.05) is 0 Å². The van der Waals surface area contributed by atoms with E-state index in [9.17, 15) is 0 Å². The molecule has 74 valence electrons. The van der Waals surface area contributed by atoms with Crippen molar-refractivity contribution in [1.82, 2.24) is 5.32 Å². The predicted molar refractivity (Wildman–Crippen MR) is 63.0 cm³/mol. The van der Waals surface area contributed by atoms with Gasteiger partial charge in [-0.25, -0.2) is 0 Å². The first kappa shape index (κ1) is 9.53. The molecule has 2 heteroatoms. The van der Waals surface area contributed by atoms with Crippen LogP contribution in [-0.2, 0) is 0 Å². The number of nitrogens with one attached hydrogen (secondary N) is 1. The highest BCUT2D eigenvalue weighted by molar-refractivity contribution is 7.10. The lowest BCUT2D eigenvalue weighted by atomic mass is 10.0. The number of thiophene rings is 1. The van der Waals surface area contributed by atoms with Gasteiger partial charge in [0.1, 0.15) is 0 Å². The van der Waals surface area contributed by atoms with Crippen LogP contribution < -0.4 is 5.32 Å². The number of rotatable bonds is 1. The van der Waals surface area contributed by atoms with Gasteiger partial charge >= 0.3 is 0 Å². The molecule has 0 amide bonds. The van der Waals surface area contributed by atoms with Crippen LogP contribution in [0.5, 0.6) is 0 Å². The van der Waals surface area contributed by atoms with Crippen LogP contribution in [-0.4, -0.2) is 0 Å². The Kier molecular flexibility index (Phi) is 2.46. The zero-order valence-corrected chi connectivity index (χ0v) is 9.61. The molecule has 2 rings (SSSR count). The van der Waals surface area contributed by atoms with Crippen molar-refractivity contribution in [2.45, 2.75) is 20.8 Å². The van der Waals surface area contributed by atoms with E-state index < -0.39 is 0 Å². The summed E-state index contributed by atoms with van der Waals surface area (Å²) in [5.74, 6) is 0.539. The van der Waals surface area contributed by atoms with Crippen molar-refractivity contribution < 1.29 is 0 Å². The average molecular weight is 205 g/mol. The van der Waals surface area contributed by atoms with Crippen molar-refractivity contribution in [2.24, 2.45) is 5.92 Å². The Morgan fingerprint density at radius 3 is 2.71 bits per heavy atom. The highest BCUT2D eigenvalue weighted by Crippen LogP contribution is 2.29. The van der Waals surface area contributed by atoms with E-state index in [0.717, 1.165) is 0 Å². The first-order chi connectivity index (χ1) is 6.68. The normalized spacial score (nSPS) is 24.5. The molecule has 1 nitrogen and oxygen atoms in total. The SMILES string of the molecule is CC1=C(C)C(C)C(=Cc2cccs2)N1. The summed E-state index contributed by atoms with van der Waals surface area (Å²) in [5, 5.41) is 5.55. The van der Waals surface area contributed by atoms with Crippen molar-refractivity contribution in [1.29, 1.82) is 0 Å². The van der Waals surface area contributed by atoms with Gasteiger partial charge in [-0.1, -0.05) is 13.0 Å². The van der Waals surface area contributed by atoms with Gasteiger partial charge in [-0.2, -0.15) is 0 Å². The fourth-order valence-corrected chi connectivity index (χ4v) is 2.34. The van der Waals surface area contributed by atoms with Gasteiger partial charge < -0.3 is 5.32 Å². The van der Waals surface area contributed by atoms with Gasteiger partial charge in [-0.05, 0) is 36.9 Å². The monoisotopic (exact) mass is 205 g/mol. The van der Waals surface area contributed by atoms with Gasteiger partial charge in [-0.3, -0.25) is 0 Å². The molecule has 0 spiro atoms. The molecule has 1 unspecified atom stereocenters. The van der Waals surface area contributed by atoms with E-state index in [4.69, 9.17) is 0 Å². The summed E-state index contributed by atoms with van der Waals surface area (Å²) in [4.78, 5) is 1.32. The van der Waals surface area contributed by atoms with Gasteiger partial charge in [0, 0.05) is 22.2 Å². The molecule has 0 aromatic carbocycles. The lowest BCUT2D eigenvalue weighted by Gasteiger charge is -2.06. The summed E-state index contributed by atoms with van der Waals surface area (Å²) in [5.41, 5.74) is 4.08. The lowest BCUT2D eigenvalue weighted by Crippen LogP contribution is -2.06. The van der Waals surface area contributed by atoms with E-state index in [2.05, 4.69) is 49.7 Å². The van der Waals surface area contributed by atoms with Gasteiger partial charge in [0.15, 0.2) is 0 Å². The quantitative estimate of drug-likeness (QED) is 0.738. The Morgan fingerprint density at radius 2 is 2.21 bits per heavy atom. The van der Waals surface area contributed by atoms with Crippen molar-refractivity contribution in [3.05, 3.63) is 39.4 Å². The smallest absolute Gasteiger partial charge is 0.0287 e. The summed E-state index contributed by atoms with van der Waals surface area (Å²) < 4.78 is 0. The van der Waals surface area contributed by atoms with Crippen LogP contribution >= 0.6 is 11.3 Å². The maximum atomic E-state index is 3.44. The molecule has 1 aliphatic rings. The molecular formula is C12H15NS. The molecule has 0 radical (unpaired) electrons. The van der Waals surface area contributed by atoms with Crippen LogP contribution in [0.15, 0.2) is 34.5 Å².